The molecule has 0 bridgehead atoms. The minimum absolute atomic E-state index is 0.129. The predicted molar refractivity (Wildman–Crippen MR) is 54.6 cm³/mol. The van der Waals surface area contributed by atoms with Crippen LogP contribution in [0.1, 0.15) is 39.5 Å². The number of primary amides is 1. The number of hydrogen-bond donors (Lipinski definition) is 2. The molecule has 5 nitrogen and oxygen atoms in total. The highest BCUT2D eigenvalue weighted by atomic mass is 16.2. The van der Waals surface area contributed by atoms with E-state index in [0.29, 0.717) is 25.7 Å². The Morgan fingerprint density at radius 1 is 1.21 bits per heavy atom. The molecule has 0 aromatic heterocycles. The van der Waals surface area contributed by atoms with Gasteiger partial charge in [0.25, 0.3) is 0 Å². The number of carbonyl (C=O) groups is 2. The molecule has 0 unspecified atom stereocenters. The van der Waals surface area contributed by atoms with Crippen molar-refractivity contribution in [2.75, 3.05) is 0 Å². The summed E-state index contributed by atoms with van der Waals surface area (Å²) in [6.45, 7) is 3.60. The van der Waals surface area contributed by atoms with Crippen molar-refractivity contribution in [2.24, 2.45) is 10.8 Å². The van der Waals surface area contributed by atoms with E-state index in [4.69, 9.17) is 5.73 Å². The third-order valence-corrected chi connectivity index (χ3v) is 1.48. The predicted octanol–water partition coefficient (Wildman–Crippen LogP) is 0.544. The van der Waals surface area contributed by atoms with Crippen molar-refractivity contribution < 1.29 is 9.59 Å². The van der Waals surface area contributed by atoms with Crippen LogP contribution in [-0.2, 0) is 9.59 Å². The van der Waals surface area contributed by atoms with Gasteiger partial charge in [0.1, 0.15) is 0 Å². The quantitative estimate of drug-likeness (QED) is 0.372. The maximum atomic E-state index is 11.1. The number of carbonyl (C=O) groups excluding carboxylic acids is 2. The fourth-order valence-corrected chi connectivity index (χ4v) is 0.815. The molecule has 80 valence electrons. The lowest BCUT2D eigenvalue weighted by molar-refractivity contribution is -0.122. The van der Waals surface area contributed by atoms with Gasteiger partial charge in [-0.2, -0.15) is 5.10 Å². The number of nitrogens with zero attached hydrogens (tertiary/aromatic N) is 1. The monoisotopic (exact) mass is 199 g/mol. The molecule has 0 fully saturated rings. The lowest BCUT2D eigenvalue weighted by atomic mass is 10.2. The highest BCUT2D eigenvalue weighted by Gasteiger charge is 2.00. The zero-order valence-electron chi connectivity index (χ0n) is 8.67. The molecule has 0 spiro atoms. The largest absolute Gasteiger partial charge is 0.370 e. The second kappa shape index (κ2) is 7.06. The van der Waals surface area contributed by atoms with Crippen molar-refractivity contribution in [3.63, 3.8) is 0 Å². The number of amides is 2. The molecule has 2 amide bonds. The van der Waals surface area contributed by atoms with Crippen LogP contribution in [0.3, 0.4) is 0 Å². The van der Waals surface area contributed by atoms with E-state index in [9.17, 15) is 9.59 Å². The first kappa shape index (κ1) is 12.6. The van der Waals surface area contributed by atoms with Gasteiger partial charge in [0.2, 0.25) is 11.8 Å². The first-order valence-electron chi connectivity index (χ1n) is 4.60. The molecule has 0 rings (SSSR count). The van der Waals surface area contributed by atoms with E-state index in [1.807, 2.05) is 0 Å². The second-order valence-corrected chi connectivity index (χ2v) is 3.27. The first-order valence-corrected chi connectivity index (χ1v) is 4.60. The van der Waals surface area contributed by atoms with Crippen LogP contribution in [0, 0.1) is 0 Å². The lowest BCUT2D eigenvalue weighted by Gasteiger charge is -1.99. The minimum atomic E-state index is -0.326. The van der Waals surface area contributed by atoms with Crippen molar-refractivity contribution in [2.45, 2.75) is 39.5 Å². The summed E-state index contributed by atoms with van der Waals surface area (Å²) in [6.07, 6.45) is 2.03. The number of hydrazone groups is 1. The van der Waals surface area contributed by atoms with Crippen molar-refractivity contribution in [3.8, 4) is 0 Å². The van der Waals surface area contributed by atoms with Gasteiger partial charge >= 0.3 is 0 Å². The summed E-state index contributed by atoms with van der Waals surface area (Å²) in [7, 11) is 0. The summed E-state index contributed by atoms with van der Waals surface area (Å²) >= 11 is 0. The van der Waals surface area contributed by atoms with E-state index < -0.39 is 0 Å². The molecule has 0 aromatic rings. The molecular formula is C9H17N3O2. The molecule has 0 radical (unpaired) electrons. The van der Waals surface area contributed by atoms with Crippen molar-refractivity contribution in [1.82, 2.24) is 5.43 Å². The van der Waals surface area contributed by atoms with Crippen LogP contribution in [0.2, 0.25) is 0 Å². The third kappa shape index (κ3) is 8.70. The third-order valence-electron chi connectivity index (χ3n) is 1.48. The van der Waals surface area contributed by atoms with Crippen LogP contribution < -0.4 is 11.2 Å². The summed E-state index contributed by atoms with van der Waals surface area (Å²) in [4.78, 5) is 21.4. The van der Waals surface area contributed by atoms with Gasteiger partial charge in [-0.05, 0) is 26.7 Å². The molecule has 0 saturated heterocycles. The topological polar surface area (TPSA) is 84.6 Å². The van der Waals surface area contributed by atoms with Crippen molar-refractivity contribution in [1.29, 1.82) is 0 Å². The number of nitrogens with two attached hydrogens (primary N) is 1. The van der Waals surface area contributed by atoms with Crippen LogP contribution in [0.15, 0.2) is 5.10 Å². The lowest BCUT2D eigenvalue weighted by Crippen LogP contribution is -2.18. The Morgan fingerprint density at radius 2 is 1.79 bits per heavy atom. The van der Waals surface area contributed by atoms with E-state index in [1.54, 1.807) is 13.8 Å². The Morgan fingerprint density at radius 3 is 2.29 bits per heavy atom. The molecule has 0 aromatic carbocycles. The van der Waals surface area contributed by atoms with Crippen molar-refractivity contribution >= 4 is 17.5 Å². The summed E-state index contributed by atoms with van der Waals surface area (Å²) in [5.41, 5.74) is 8.15. The molecule has 14 heavy (non-hydrogen) atoms. The van der Waals surface area contributed by atoms with Crippen LogP contribution in [0.25, 0.3) is 0 Å². The van der Waals surface area contributed by atoms with E-state index in [0.717, 1.165) is 5.71 Å². The summed E-state index contributed by atoms with van der Waals surface area (Å²) in [6, 6.07) is 0. The Bertz CT molecular complexity index is 232. The fraction of sp³-hybridized carbons (Fsp3) is 0.667. The highest BCUT2D eigenvalue weighted by Crippen LogP contribution is 1.98. The SMILES string of the molecule is CC(C)=NNC(=O)CCCCC(N)=O. The molecule has 0 aliphatic rings. The van der Waals surface area contributed by atoms with Gasteiger partial charge in [-0.25, -0.2) is 5.43 Å². The molecule has 0 aliphatic carbocycles. The molecule has 0 atom stereocenters. The number of unbranched alkanes of at least 4 members (excludes halogenated alkanes) is 1. The molecule has 0 heterocycles. The van der Waals surface area contributed by atoms with Gasteiger partial charge in [-0.1, -0.05) is 0 Å². The average molecular weight is 199 g/mol. The van der Waals surface area contributed by atoms with Gasteiger partial charge in [0, 0.05) is 18.6 Å². The van der Waals surface area contributed by atoms with Crippen LogP contribution >= 0.6 is 0 Å². The molecule has 0 saturated carbocycles. The summed E-state index contributed by atoms with van der Waals surface area (Å²) in [5.74, 6) is -0.455. The standard InChI is InChI=1S/C9H17N3O2/c1-7(2)11-12-9(14)6-4-3-5-8(10)13/h3-6H2,1-2H3,(H2,10,13)(H,12,14). The molecule has 3 N–H and O–H groups in total. The average Bonchev–Trinajstić information content (AvgIpc) is 2.08. The molecular weight excluding hydrogens is 182 g/mol. The van der Waals surface area contributed by atoms with Gasteiger partial charge in [0.05, 0.1) is 0 Å². The maximum Gasteiger partial charge on any atom is 0.240 e. The van der Waals surface area contributed by atoms with Gasteiger partial charge < -0.3 is 5.73 Å². The Hall–Kier alpha value is -1.39. The Kier molecular flexibility index (Phi) is 6.36. The Balaban J connectivity index is 3.45. The highest BCUT2D eigenvalue weighted by molar-refractivity contribution is 5.82. The van der Waals surface area contributed by atoms with Gasteiger partial charge in [-0.3, -0.25) is 9.59 Å². The minimum Gasteiger partial charge on any atom is -0.370 e. The summed E-state index contributed by atoms with van der Waals surface area (Å²) < 4.78 is 0. The smallest absolute Gasteiger partial charge is 0.240 e. The van der Waals surface area contributed by atoms with Gasteiger partial charge in [0.15, 0.2) is 0 Å². The molecule has 5 heteroatoms. The zero-order chi connectivity index (χ0) is 11.0. The van der Waals surface area contributed by atoms with E-state index in [2.05, 4.69) is 10.5 Å². The first-order chi connectivity index (χ1) is 6.52. The van der Waals surface area contributed by atoms with Gasteiger partial charge in [-0.15, -0.1) is 0 Å². The van der Waals surface area contributed by atoms with E-state index in [1.165, 1.54) is 0 Å². The number of rotatable bonds is 6. The maximum absolute atomic E-state index is 11.1. The van der Waals surface area contributed by atoms with Crippen LogP contribution in [-0.4, -0.2) is 17.5 Å². The van der Waals surface area contributed by atoms with Crippen LogP contribution in [0.5, 0.6) is 0 Å². The fourth-order valence-electron chi connectivity index (χ4n) is 0.815. The number of nitrogens with one attached hydrogen (secondary N) is 1. The second-order valence-electron chi connectivity index (χ2n) is 3.27. The zero-order valence-corrected chi connectivity index (χ0v) is 8.67. The van der Waals surface area contributed by atoms with Crippen molar-refractivity contribution in [3.05, 3.63) is 0 Å². The normalized spacial score (nSPS) is 9.29. The van der Waals surface area contributed by atoms with E-state index >= 15 is 0 Å². The Labute approximate surface area is 83.7 Å². The summed E-state index contributed by atoms with van der Waals surface area (Å²) in [5, 5.41) is 3.76. The molecule has 0 aliphatic heterocycles. The van der Waals surface area contributed by atoms with Crippen LogP contribution in [0.4, 0.5) is 0 Å². The number of hydrogen-bond acceptors (Lipinski definition) is 3. The van der Waals surface area contributed by atoms with E-state index in [-0.39, 0.29) is 11.8 Å².